The summed E-state index contributed by atoms with van der Waals surface area (Å²) in [4.78, 5) is 12.1. The molecule has 0 radical (unpaired) electrons. The lowest BCUT2D eigenvalue weighted by molar-refractivity contribution is -0.113. The van der Waals surface area contributed by atoms with Gasteiger partial charge in [-0.15, -0.1) is 5.11 Å². The summed E-state index contributed by atoms with van der Waals surface area (Å²) in [5.74, 6) is -1.24. The van der Waals surface area contributed by atoms with Crippen LogP contribution >= 0.6 is 0 Å². The molecule has 0 saturated heterocycles. The second-order valence-corrected chi connectivity index (χ2v) is 4.43. The highest BCUT2D eigenvalue weighted by atomic mass is 19.1. The number of para-hydroxylation sites is 1. The lowest BCUT2D eigenvalue weighted by Crippen LogP contribution is -2.14. The number of amides is 1. The van der Waals surface area contributed by atoms with Crippen LogP contribution in [0.4, 0.5) is 15.8 Å². The van der Waals surface area contributed by atoms with Crippen LogP contribution in [0.25, 0.3) is 0 Å². The van der Waals surface area contributed by atoms with Crippen molar-refractivity contribution in [1.29, 1.82) is 0 Å². The monoisotopic (exact) mass is 299 g/mol. The third-order valence-corrected chi connectivity index (χ3v) is 2.68. The zero-order valence-corrected chi connectivity index (χ0v) is 11.8. The highest BCUT2D eigenvalue weighted by molar-refractivity contribution is 6.03. The van der Waals surface area contributed by atoms with Gasteiger partial charge in [0.05, 0.1) is 5.69 Å². The molecule has 2 aromatic rings. The maximum Gasteiger partial charge on any atom is 0.279 e. The third-order valence-electron chi connectivity index (χ3n) is 2.68. The Morgan fingerprint density at radius 3 is 2.32 bits per heavy atom. The molecular formula is C16H14FN3O2. The minimum atomic E-state index is -0.586. The minimum Gasteiger partial charge on any atom is -0.510 e. The number of azo groups is 1. The highest BCUT2D eigenvalue weighted by Gasteiger charge is 2.13. The number of carbonyl (C=O) groups is 1. The SMILES string of the molecule is C/C(O)=C(/N=Nc1ccc(F)cc1)C(=O)Nc1ccccc1. The quantitative estimate of drug-likeness (QED) is 0.500. The van der Waals surface area contributed by atoms with Crippen molar-refractivity contribution < 1.29 is 14.3 Å². The predicted molar refractivity (Wildman–Crippen MR) is 81.3 cm³/mol. The molecule has 0 heterocycles. The number of aliphatic hydroxyl groups excluding tert-OH is 1. The van der Waals surface area contributed by atoms with Gasteiger partial charge in [0.15, 0.2) is 5.70 Å². The second-order valence-electron chi connectivity index (χ2n) is 4.43. The fourth-order valence-electron chi connectivity index (χ4n) is 1.61. The number of aliphatic hydroxyl groups is 1. The molecule has 0 unspecified atom stereocenters. The summed E-state index contributed by atoms with van der Waals surface area (Å²) in [7, 11) is 0. The Bertz CT molecular complexity index is 706. The van der Waals surface area contributed by atoms with E-state index >= 15 is 0 Å². The number of hydrogen-bond donors (Lipinski definition) is 2. The van der Waals surface area contributed by atoms with Crippen LogP contribution in [-0.2, 0) is 4.79 Å². The van der Waals surface area contributed by atoms with Gasteiger partial charge in [-0.3, -0.25) is 4.79 Å². The molecule has 2 aromatic carbocycles. The first-order valence-corrected chi connectivity index (χ1v) is 6.50. The van der Waals surface area contributed by atoms with E-state index in [2.05, 4.69) is 15.5 Å². The van der Waals surface area contributed by atoms with Crippen molar-refractivity contribution in [3.8, 4) is 0 Å². The fourth-order valence-corrected chi connectivity index (χ4v) is 1.61. The summed E-state index contributed by atoms with van der Waals surface area (Å²) >= 11 is 0. The predicted octanol–water partition coefficient (Wildman–Crippen LogP) is 4.34. The molecule has 0 aliphatic carbocycles. The zero-order chi connectivity index (χ0) is 15.9. The molecule has 0 aliphatic heterocycles. The molecule has 2 N–H and O–H groups in total. The van der Waals surface area contributed by atoms with Gasteiger partial charge in [0.1, 0.15) is 11.6 Å². The maximum atomic E-state index is 12.8. The molecule has 2 rings (SSSR count). The van der Waals surface area contributed by atoms with E-state index in [1.807, 2.05) is 6.07 Å². The molecule has 0 saturated carbocycles. The first-order chi connectivity index (χ1) is 10.6. The van der Waals surface area contributed by atoms with Crippen molar-refractivity contribution in [2.75, 3.05) is 5.32 Å². The summed E-state index contributed by atoms with van der Waals surface area (Å²) in [6, 6.07) is 14.1. The molecule has 5 nitrogen and oxygen atoms in total. The van der Waals surface area contributed by atoms with E-state index < -0.39 is 11.7 Å². The Labute approximate surface area is 126 Å². The van der Waals surface area contributed by atoms with Crippen LogP contribution in [0.1, 0.15) is 6.92 Å². The molecular weight excluding hydrogens is 285 g/mol. The maximum absolute atomic E-state index is 12.8. The first-order valence-electron chi connectivity index (χ1n) is 6.50. The number of hydrogen-bond acceptors (Lipinski definition) is 4. The van der Waals surface area contributed by atoms with Crippen LogP contribution in [0.2, 0.25) is 0 Å². The number of nitrogens with zero attached hydrogens (tertiary/aromatic N) is 2. The molecule has 0 bridgehead atoms. The lowest BCUT2D eigenvalue weighted by atomic mass is 10.3. The Morgan fingerprint density at radius 1 is 1.09 bits per heavy atom. The largest absolute Gasteiger partial charge is 0.510 e. The van der Waals surface area contributed by atoms with E-state index in [9.17, 15) is 14.3 Å². The number of anilines is 1. The molecule has 0 atom stereocenters. The van der Waals surface area contributed by atoms with Gasteiger partial charge in [0.25, 0.3) is 5.91 Å². The summed E-state index contributed by atoms with van der Waals surface area (Å²) in [5, 5.41) is 19.7. The number of rotatable bonds is 4. The Balaban J connectivity index is 2.15. The van der Waals surface area contributed by atoms with Crippen molar-refractivity contribution in [2.24, 2.45) is 10.2 Å². The van der Waals surface area contributed by atoms with E-state index in [4.69, 9.17) is 0 Å². The number of allylic oxidation sites excluding steroid dienone is 1. The fraction of sp³-hybridized carbons (Fsp3) is 0.0625. The van der Waals surface area contributed by atoms with E-state index in [1.165, 1.54) is 31.2 Å². The average molecular weight is 299 g/mol. The molecule has 0 spiro atoms. The van der Waals surface area contributed by atoms with E-state index in [1.54, 1.807) is 24.3 Å². The topological polar surface area (TPSA) is 74.0 Å². The van der Waals surface area contributed by atoms with Gasteiger partial charge in [0, 0.05) is 5.69 Å². The molecule has 1 amide bonds. The van der Waals surface area contributed by atoms with Crippen LogP contribution < -0.4 is 5.32 Å². The number of nitrogens with one attached hydrogen (secondary N) is 1. The molecule has 0 fully saturated rings. The number of carbonyl (C=O) groups excluding carboxylic acids is 1. The molecule has 0 aromatic heterocycles. The summed E-state index contributed by atoms with van der Waals surface area (Å²) in [6.45, 7) is 1.34. The summed E-state index contributed by atoms with van der Waals surface area (Å²) in [5.41, 5.74) is 0.726. The normalized spacial score (nSPS) is 12.1. The van der Waals surface area contributed by atoms with E-state index in [0.717, 1.165) is 0 Å². The summed E-state index contributed by atoms with van der Waals surface area (Å²) in [6.07, 6.45) is 0. The van der Waals surface area contributed by atoms with Gasteiger partial charge in [-0.05, 0) is 43.3 Å². The third kappa shape index (κ3) is 4.24. The van der Waals surface area contributed by atoms with Crippen LogP contribution in [-0.4, -0.2) is 11.0 Å². The average Bonchev–Trinajstić information content (AvgIpc) is 2.50. The van der Waals surface area contributed by atoms with Crippen LogP contribution in [0.5, 0.6) is 0 Å². The van der Waals surface area contributed by atoms with Crippen molar-refractivity contribution in [3.05, 3.63) is 71.9 Å². The van der Waals surface area contributed by atoms with Crippen LogP contribution in [0.15, 0.2) is 76.3 Å². The van der Waals surface area contributed by atoms with Gasteiger partial charge in [0.2, 0.25) is 0 Å². The van der Waals surface area contributed by atoms with Gasteiger partial charge in [-0.2, -0.15) is 5.11 Å². The van der Waals surface area contributed by atoms with Gasteiger partial charge in [-0.25, -0.2) is 4.39 Å². The molecule has 112 valence electrons. The zero-order valence-electron chi connectivity index (χ0n) is 11.8. The number of halogens is 1. The van der Waals surface area contributed by atoms with Crippen molar-refractivity contribution in [1.82, 2.24) is 0 Å². The van der Waals surface area contributed by atoms with Crippen LogP contribution in [0, 0.1) is 5.82 Å². The van der Waals surface area contributed by atoms with E-state index in [-0.39, 0.29) is 11.5 Å². The second kappa shape index (κ2) is 7.12. The highest BCUT2D eigenvalue weighted by Crippen LogP contribution is 2.16. The first kappa shape index (κ1) is 15.4. The minimum absolute atomic E-state index is 0.215. The Morgan fingerprint density at radius 2 is 1.73 bits per heavy atom. The summed E-state index contributed by atoms with van der Waals surface area (Å²) < 4.78 is 12.8. The molecule has 22 heavy (non-hydrogen) atoms. The van der Waals surface area contributed by atoms with Crippen molar-refractivity contribution >= 4 is 17.3 Å². The molecule has 6 heteroatoms. The van der Waals surface area contributed by atoms with Crippen molar-refractivity contribution in [2.45, 2.75) is 6.92 Å². The lowest BCUT2D eigenvalue weighted by Gasteiger charge is -2.05. The standard InChI is InChI=1S/C16H14FN3O2/c1-11(21)15(16(22)18-13-5-3-2-4-6-13)20-19-14-9-7-12(17)8-10-14/h2-10,21H,1H3,(H,18,22)/b15-11-,20-19?. The van der Waals surface area contributed by atoms with Crippen molar-refractivity contribution in [3.63, 3.8) is 0 Å². The van der Waals surface area contributed by atoms with Crippen LogP contribution in [0.3, 0.4) is 0 Å². The molecule has 0 aliphatic rings. The Kier molecular flexibility index (Phi) is 4.98. The van der Waals surface area contributed by atoms with E-state index in [0.29, 0.717) is 11.4 Å². The Hall–Kier alpha value is -3.02. The number of benzene rings is 2. The smallest absolute Gasteiger partial charge is 0.279 e. The van der Waals surface area contributed by atoms with Gasteiger partial charge >= 0.3 is 0 Å². The van der Waals surface area contributed by atoms with Gasteiger partial charge < -0.3 is 10.4 Å². The van der Waals surface area contributed by atoms with Gasteiger partial charge in [-0.1, -0.05) is 18.2 Å².